The number of hydrogen-bond acceptors (Lipinski definition) is 2. The minimum atomic E-state index is 1.05. The molecule has 68 valence electrons. The molecule has 0 aliphatic carbocycles. The van der Waals surface area contributed by atoms with Crippen molar-refractivity contribution in [2.75, 3.05) is 0 Å². The summed E-state index contributed by atoms with van der Waals surface area (Å²) in [7, 11) is 0. The van der Waals surface area contributed by atoms with E-state index in [1.165, 1.54) is 12.8 Å². The molecule has 0 saturated carbocycles. The van der Waals surface area contributed by atoms with Crippen molar-refractivity contribution in [2.45, 2.75) is 46.0 Å². The molecule has 0 fully saturated rings. The van der Waals surface area contributed by atoms with Crippen molar-refractivity contribution in [3.63, 3.8) is 0 Å². The highest BCUT2D eigenvalue weighted by Crippen LogP contribution is 2.11. The third-order valence-electron chi connectivity index (χ3n) is 1.97. The maximum Gasteiger partial charge on any atom is 0.181 e. The van der Waals surface area contributed by atoms with Gasteiger partial charge < -0.3 is 4.42 Å². The van der Waals surface area contributed by atoms with E-state index in [4.69, 9.17) is 4.42 Å². The molecule has 0 amide bonds. The molecule has 0 aliphatic rings. The Balaban J connectivity index is 2.51. The van der Waals surface area contributed by atoms with Crippen LogP contribution in [0.2, 0.25) is 0 Å². The SMILES string of the molecule is CCCCc1ocnc1CCC. The molecule has 0 radical (unpaired) electrons. The van der Waals surface area contributed by atoms with Gasteiger partial charge in [-0.25, -0.2) is 4.98 Å². The van der Waals surface area contributed by atoms with Gasteiger partial charge in [0.05, 0.1) is 5.69 Å². The Morgan fingerprint density at radius 3 is 2.75 bits per heavy atom. The molecule has 2 heteroatoms. The average molecular weight is 167 g/mol. The number of unbranched alkanes of at least 4 members (excludes halogenated alkanes) is 1. The van der Waals surface area contributed by atoms with Gasteiger partial charge in [-0.1, -0.05) is 26.7 Å². The quantitative estimate of drug-likeness (QED) is 0.673. The lowest BCUT2D eigenvalue weighted by Gasteiger charge is -1.97. The second kappa shape index (κ2) is 4.96. The highest BCUT2D eigenvalue weighted by molar-refractivity contribution is 5.07. The van der Waals surface area contributed by atoms with Gasteiger partial charge in [0.1, 0.15) is 5.76 Å². The molecule has 0 unspecified atom stereocenters. The maximum atomic E-state index is 5.31. The van der Waals surface area contributed by atoms with E-state index in [1.807, 2.05) is 0 Å². The molecule has 12 heavy (non-hydrogen) atoms. The fourth-order valence-corrected chi connectivity index (χ4v) is 1.27. The van der Waals surface area contributed by atoms with Gasteiger partial charge >= 0.3 is 0 Å². The zero-order valence-corrected chi connectivity index (χ0v) is 7.97. The van der Waals surface area contributed by atoms with E-state index in [9.17, 15) is 0 Å². The van der Waals surface area contributed by atoms with E-state index in [-0.39, 0.29) is 0 Å². The van der Waals surface area contributed by atoms with Gasteiger partial charge in [0.15, 0.2) is 6.39 Å². The Morgan fingerprint density at radius 2 is 2.08 bits per heavy atom. The van der Waals surface area contributed by atoms with E-state index in [0.717, 1.165) is 30.7 Å². The lowest BCUT2D eigenvalue weighted by molar-refractivity contribution is 0.492. The maximum absolute atomic E-state index is 5.31. The summed E-state index contributed by atoms with van der Waals surface area (Å²) in [6.45, 7) is 4.36. The number of rotatable bonds is 5. The molecule has 0 aliphatic heterocycles. The summed E-state index contributed by atoms with van der Waals surface area (Å²) < 4.78 is 5.31. The summed E-state index contributed by atoms with van der Waals surface area (Å²) in [5, 5.41) is 0. The second-order valence-corrected chi connectivity index (χ2v) is 3.08. The minimum absolute atomic E-state index is 1.05. The van der Waals surface area contributed by atoms with Crippen molar-refractivity contribution in [1.29, 1.82) is 0 Å². The van der Waals surface area contributed by atoms with Crippen molar-refractivity contribution in [2.24, 2.45) is 0 Å². The van der Waals surface area contributed by atoms with Crippen molar-refractivity contribution >= 4 is 0 Å². The Morgan fingerprint density at radius 1 is 1.25 bits per heavy atom. The zero-order valence-electron chi connectivity index (χ0n) is 7.97. The molecule has 1 aromatic heterocycles. The molecule has 1 aromatic rings. The molecular weight excluding hydrogens is 150 g/mol. The molecule has 0 N–H and O–H groups in total. The van der Waals surface area contributed by atoms with Crippen molar-refractivity contribution in [1.82, 2.24) is 4.98 Å². The van der Waals surface area contributed by atoms with Crippen LogP contribution in [0.5, 0.6) is 0 Å². The van der Waals surface area contributed by atoms with E-state index in [0.29, 0.717) is 0 Å². The third kappa shape index (κ3) is 2.36. The first kappa shape index (κ1) is 9.30. The molecule has 2 nitrogen and oxygen atoms in total. The Kier molecular flexibility index (Phi) is 3.85. The van der Waals surface area contributed by atoms with Crippen molar-refractivity contribution in [3.05, 3.63) is 17.8 Å². The van der Waals surface area contributed by atoms with Crippen LogP contribution in [0.3, 0.4) is 0 Å². The molecule has 0 bridgehead atoms. The van der Waals surface area contributed by atoms with Gasteiger partial charge in [0, 0.05) is 6.42 Å². The summed E-state index contributed by atoms with van der Waals surface area (Å²) in [6.07, 6.45) is 7.22. The van der Waals surface area contributed by atoms with Crippen LogP contribution in [0.4, 0.5) is 0 Å². The number of aromatic nitrogens is 1. The number of hydrogen-bond donors (Lipinski definition) is 0. The highest BCUT2D eigenvalue weighted by atomic mass is 16.3. The van der Waals surface area contributed by atoms with Gasteiger partial charge in [-0.2, -0.15) is 0 Å². The molecule has 0 aromatic carbocycles. The van der Waals surface area contributed by atoms with Gasteiger partial charge in [-0.05, 0) is 12.8 Å². The van der Waals surface area contributed by atoms with Crippen LogP contribution in [0, 0.1) is 0 Å². The predicted octanol–water partition coefficient (Wildman–Crippen LogP) is 2.97. The van der Waals surface area contributed by atoms with E-state index >= 15 is 0 Å². The van der Waals surface area contributed by atoms with Crippen LogP contribution in [0.1, 0.15) is 44.6 Å². The molecule has 1 rings (SSSR count). The second-order valence-electron chi connectivity index (χ2n) is 3.08. The zero-order chi connectivity index (χ0) is 8.81. The van der Waals surface area contributed by atoms with Crippen molar-refractivity contribution < 1.29 is 4.42 Å². The summed E-state index contributed by atoms with van der Waals surface area (Å²) in [4.78, 5) is 4.19. The Labute approximate surface area is 74.0 Å². The largest absolute Gasteiger partial charge is 0.448 e. The van der Waals surface area contributed by atoms with Crippen LogP contribution in [0.15, 0.2) is 10.8 Å². The first-order valence-electron chi connectivity index (χ1n) is 4.79. The Bertz CT molecular complexity index is 217. The van der Waals surface area contributed by atoms with Gasteiger partial charge in [-0.15, -0.1) is 0 Å². The number of aryl methyl sites for hydroxylation is 2. The molecule has 0 atom stereocenters. The van der Waals surface area contributed by atoms with Crippen LogP contribution in [-0.4, -0.2) is 4.98 Å². The number of oxazole rings is 1. The smallest absolute Gasteiger partial charge is 0.181 e. The fraction of sp³-hybridized carbons (Fsp3) is 0.700. The predicted molar refractivity (Wildman–Crippen MR) is 49.1 cm³/mol. The van der Waals surface area contributed by atoms with Crippen LogP contribution in [-0.2, 0) is 12.8 Å². The summed E-state index contributed by atoms with van der Waals surface area (Å²) in [6, 6.07) is 0. The molecule has 1 heterocycles. The summed E-state index contributed by atoms with van der Waals surface area (Å²) in [5.41, 5.74) is 1.16. The van der Waals surface area contributed by atoms with Crippen LogP contribution >= 0.6 is 0 Å². The fourth-order valence-electron chi connectivity index (χ4n) is 1.27. The summed E-state index contributed by atoms with van der Waals surface area (Å²) >= 11 is 0. The topological polar surface area (TPSA) is 26.0 Å². The number of nitrogens with zero attached hydrogens (tertiary/aromatic N) is 1. The van der Waals surface area contributed by atoms with E-state index < -0.39 is 0 Å². The van der Waals surface area contributed by atoms with Crippen molar-refractivity contribution in [3.8, 4) is 0 Å². The molecule has 0 saturated heterocycles. The van der Waals surface area contributed by atoms with E-state index in [1.54, 1.807) is 6.39 Å². The van der Waals surface area contributed by atoms with Gasteiger partial charge in [0.25, 0.3) is 0 Å². The van der Waals surface area contributed by atoms with Gasteiger partial charge in [0.2, 0.25) is 0 Å². The van der Waals surface area contributed by atoms with Crippen LogP contribution in [0.25, 0.3) is 0 Å². The highest BCUT2D eigenvalue weighted by Gasteiger charge is 2.05. The van der Waals surface area contributed by atoms with E-state index in [2.05, 4.69) is 18.8 Å². The van der Waals surface area contributed by atoms with Crippen LogP contribution < -0.4 is 0 Å². The molecule has 0 spiro atoms. The average Bonchev–Trinajstić information content (AvgIpc) is 2.50. The lowest BCUT2D eigenvalue weighted by atomic mass is 10.1. The third-order valence-corrected chi connectivity index (χ3v) is 1.97. The first-order chi connectivity index (χ1) is 5.88. The standard InChI is InChI=1S/C10H17NO/c1-3-5-7-10-9(6-4-2)11-8-12-10/h8H,3-7H2,1-2H3. The summed E-state index contributed by atoms with van der Waals surface area (Å²) in [5.74, 6) is 1.10. The van der Waals surface area contributed by atoms with Gasteiger partial charge in [-0.3, -0.25) is 0 Å². The normalized spacial score (nSPS) is 10.5. The first-order valence-corrected chi connectivity index (χ1v) is 4.79. The Hall–Kier alpha value is -0.790. The monoisotopic (exact) mass is 167 g/mol. The molecular formula is C10H17NO. The lowest BCUT2D eigenvalue weighted by Crippen LogP contribution is -1.91. The minimum Gasteiger partial charge on any atom is -0.448 e.